The molecule has 1 N–H and O–H groups in total. The van der Waals surface area contributed by atoms with Crippen LogP contribution in [0.15, 0.2) is 58.9 Å². The number of carbonyl (C=O) groups excluding carboxylic acids is 1. The average Bonchev–Trinajstić information content (AvgIpc) is 2.91. The molecule has 0 saturated heterocycles. The minimum Gasteiger partial charge on any atom is -0.325 e. The smallest absolute Gasteiger partial charge is 0.238 e. The SMILES string of the molecule is C=CCN(CC(=O)Nc1cccc(Br)c1)Cc1cccs1. The Labute approximate surface area is 137 Å². The van der Waals surface area contributed by atoms with E-state index in [-0.39, 0.29) is 5.91 Å². The van der Waals surface area contributed by atoms with Gasteiger partial charge in [-0.3, -0.25) is 9.69 Å². The summed E-state index contributed by atoms with van der Waals surface area (Å²) in [6.07, 6.45) is 1.82. The van der Waals surface area contributed by atoms with Gasteiger partial charge in [-0.15, -0.1) is 17.9 Å². The summed E-state index contributed by atoms with van der Waals surface area (Å²) in [6, 6.07) is 11.7. The lowest BCUT2D eigenvalue weighted by molar-refractivity contribution is -0.117. The first-order valence-electron chi connectivity index (χ1n) is 6.58. The zero-order chi connectivity index (χ0) is 15.1. The minimum atomic E-state index is -0.0218. The maximum atomic E-state index is 12.1. The highest BCUT2D eigenvalue weighted by Gasteiger charge is 2.11. The van der Waals surface area contributed by atoms with Gasteiger partial charge in [-0.1, -0.05) is 34.1 Å². The Balaban J connectivity index is 1.93. The predicted octanol–water partition coefficient (Wildman–Crippen LogP) is 4.14. The van der Waals surface area contributed by atoms with Crippen LogP contribution in [0.4, 0.5) is 5.69 Å². The third-order valence-electron chi connectivity index (χ3n) is 2.82. The van der Waals surface area contributed by atoms with Crippen molar-refractivity contribution in [3.63, 3.8) is 0 Å². The molecule has 2 aromatic rings. The first kappa shape index (κ1) is 15.9. The number of anilines is 1. The minimum absolute atomic E-state index is 0.0218. The maximum Gasteiger partial charge on any atom is 0.238 e. The molecule has 0 saturated carbocycles. The van der Waals surface area contributed by atoms with Crippen molar-refractivity contribution in [2.75, 3.05) is 18.4 Å². The molecule has 2 rings (SSSR count). The molecule has 110 valence electrons. The summed E-state index contributed by atoms with van der Waals surface area (Å²) >= 11 is 5.09. The molecule has 0 aliphatic rings. The molecule has 0 unspecified atom stereocenters. The van der Waals surface area contributed by atoms with Crippen molar-refractivity contribution in [3.8, 4) is 0 Å². The fraction of sp³-hybridized carbons (Fsp3) is 0.188. The first-order valence-corrected chi connectivity index (χ1v) is 8.25. The van der Waals surface area contributed by atoms with Crippen molar-refractivity contribution in [1.82, 2.24) is 4.90 Å². The quantitative estimate of drug-likeness (QED) is 0.748. The number of nitrogens with one attached hydrogen (secondary N) is 1. The van der Waals surface area contributed by atoms with Gasteiger partial charge >= 0.3 is 0 Å². The van der Waals surface area contributed by atoms with Crippen molar-refractivity contribution < 1.29 is 4.79 Å². The van der Waals surface area contributed by atoms with Crippen LogP contribution in [-0.4, -0.2) is 23.9 Å². The molecule has 0 fully saturated rings. The number of amides is 1. The Bertz CT molecular complexity index is 598. The summed E-state index contributed by atoms with van der Waals surface area (Å²) in [5.41, 5.74) is 0.795. The van der Waals surface area contributed by atoms with Gasteiger partial charge in [0.05, 0.1) is 6.54 Å². The zero-order valence-electron chi connectivity index (χ0n) is 11.6. The highest BCUT2D eigenvalue weighted by molar-refractivity contribution is 9.10. The molecule has 1 amide bonds. The van der Waals surface area contributed by atoms with Crippen LogP contribution in [-0.2, 0) is 11.3 Å². The van der Waals surface area contributed by atoms with Gasteiger partial charge in [-0.05, 0) is 29.6 Å². The number of hydrogen-bond acceptors (Lipinski definition) is 3. The summed E-state index contributed by atoms with van der Waals surface area (Å²) in [4.78, 5) is 15.4. The molecule has 0 radical (unpaired) electrons. The fourth-order valence-electron chi connectivity index (χ4n) is 1.96. The lowest BCUT2D eigenvalue weighted by Crippen LogP contribution is -2.32. The van der Waals surface area contributed by atoms with Gasteiger partial charge in [0.25, 0.3) is 0 Å². The van der Waals surface area contributed by atoms with Crippen molar-refractivity contribution in [1.29, 1.82) is 0 Å². The standard InChI is InChI=1S/C16H17BrN2OS/c1-2-8-19(11-15-7-4-9-21-15)12-16(20)18-14-6-3-5-13(17)10-14/h2-7,9-10H,1,8,11-12H2,(H,18,20). The van der Waals surface area contributed by atoms with Gasteiger partial charge < -0.3 is 5.32 Å². The molecule has 0 atom stereocenters. The predicted molar refractivity (Wildman–Crippen MR) is 92.6 cm³/mol. The Morgan fingerprint density at radius 1 is 1.38 bits per heavy atom. The Kier molecular flexibility index (Phi) is 6.17. The van der Waals surface area contributed by atoms with Gasteiger partial charge in [0.2, 0.25) is 5.91 Å². The molecule has 0 aliphatic heterocycles. The number of halogens is 1. The summed E-state index contributed by atoms with van der Waals surface area (Å²) in [7, 11) is 0. The number of hydrogen-bond donors (Lipinski definition) is 1. The lowest BCUT2D eigenvalue weighted by Gasteiger charge is -2.19. The Hall–Kier alpha value is -1.43. The van der Waals surface area contributed by atoms with Crippen LogP contribution in [0.2, 0.25) is 0 Å². The normalized spacial score (nSPS) is 10.6. The van der Waals surface area contributed by atoms with E-state index in [1.807, 2.05) is 41.8 Å². The maximum absolute atomic E-state index is 12.1. The molecule has 3 nitrogen and oxygen atoms in total. The van der Waals surface area contributed by atoms with Crippen LogP contribution >= 0.6 is 27.3 Å². The van der Waals surface area contributed by atoms with E-state index in [2.05, 4.69) is 38.8 Å². The van der Waals surface area contributed by atoms with Gasteiger partial charge in [0, 0.05) is 28.1 Å². The Morgan fingerprint density at radius 2 is 2.24 bits per heavy atom. The third-order valence-corrected chi connectivity index (χ3v) is 4.18. The van der Waals surface area contributed by atoms with Crippen LogP contribution in [0.1, 0.15) is 4.88 Å². The van der Waals surface area contributed by atoms with E-state index < -0.39 is 0 Å². The topological polar surface area (TPSA) is 32.3 Å². The van der Waals surface area contributed by atoms with E-state index in [0.717, 1.165) is 16.7 Å². The van der Waals surface area contributed by atoms with Crippen LogP contribution < -0.4 is 5.32 Å². The zero-order valence-corrected chi connectivity index (χ0v) is 14.0. The van der Waals surface area contributed by atoms with Gasteiger partial charge in [0.15, 0.2) is 0 Å². The second-order valence-electron chi connectivity index (χ2n) is 4.60. The van der Waals surface area contributed by atoms with Crippen molar-refractivity contribution in [2.45, 2.75) is 6.54 Å². The second kappa shape index (κ2) is 8.12. The molecule has 0 aliphatic carbocycles. The van der Waals surface area contributed by atoms with Crippen LogP contribution in [0.5, 0.6) is 0 Å². The van der Waals surface area contributed by atoms with E-state index in [1.165, 1.54) is 4.88 Å². The summed E-state index contributed by atoms with van der Waals surface area (Å²) in [5.74, 6) is -0.0218. The number of thiophene rings is 1. The van der Waals surface area contributed by atoms with E-state index in [9.17, 15) is 4.79 Å². The highest BCUT2D eigenvalue weighted by atomic mass is 79.9. The number of nitrogens with zero attached hydrogens (tertiary/aromatic N) is 1. The van der Waals surface area contributed by atoms with Crippen LogP contribution in [0, 0.1) is 0 Å². The van der Waals surface area contributed by atoms with Gasteiger partial charge in [-0.2, -0.15) is 0 Å². The highest BCUT2D eigenvalue weighted by Crippen LogP contribution is 2.16. The molecular weight excluding hydrogens is 348 g/mol. The van der Waals surface area contributed by atoms with Crippen molar-refractivity contribution in [2.24, 2.45) is 0 Å². The number of carbonyl (C=O) groups is 1. The van der Waals surface area contributed by atoms with Crippen molar-refractivity contribution >= 4 is 38.9 Å². The monoisotopic (exact) mass is 364 g/mol. The van der Waals surface area contributed by atoms with E-state index in [1.54, 1.807) is 11.3 Å². The largest absolute Gasteiger partial charge is 0.325 e. The second-order valence-corrected chi connectivity index (χ2v) is 6.54. The van der Waals surface area contributed by atoms with Gasteiger partial charge in [0.1, 0.15) is 0 Å². The molecule has 5 heteroatoms. The van der Waals surface area contributed by atoms with Crippen molar-refractivity contribution in [3.05, 3.63) is 63.8 Å². The van der Waals surface area contributed by atoms with E-state index in [0.29, 0.717) is 13.1 Å². The summed E-state index contributed by atoms with van der Waals surface area (Å²) in [5, 5.41) is 4.95. The van der Waals surface area contributed by atoms with E-state index >= 15 is 0 Å². The van der Waals surface area contributed by atoms with Crippen LogP contribution in [0.25, 0.3) is 0 Å². The molecule has 21 heavy (non-hydrogen) atoms. The summed E-state index contributed by atoms with van der Waals surface area (Å²) in [6.45, 7) is 5.54. The molecule has 1 aromatic carbocycles. The summed E-state index contributed by atoms with van der Waals surface area (Å²) < 4.78 is 0.946. The Morgan fingerprint density at radius 3 is 2.90 bits per heavy atom. The molecule has 1 aromatic heterocycles. The van der Waals surface area contributed by atoms with E-state index in [4.69, 9.17) is 0 Å². The average molecular weight is 365 g/mol. The molecule has 1 heterocycles. The number of benzene rings is 1. The first-order chi connectivity index (χ1) is 10.2. The van der Waals surface area contributed by atoms with Gasteiger partial charge in [-0.25, -0.2) is 0 Å². The fourth-order valence-corrected chi connectivity index (χ4v) is 3.11. The third kappa shape index (κ3) is 5.46. The number of rotatable bonds is 7. The molecule has 0 bridgehead atoms. The molecular formula is C16H17BrN2OS. The van der Waals surface area contributed by atoms with Crippen LogP contribution in [0.3, 0.4) is 0 Å². The molecule has 0 spiro atoms. The lowest BCUT2D eigenvalue weighted by atomic mass is 10.3.